The number of carbonyl (C=O) groups is 1. The van der Waals surface area contributed by atoms with Crippen molar-refractivity contribution in [2.24, 2.45) is 0 Å². The summed E-state index contributed by atoms with van der Waals surface area (Å²) in [5.41, 5.74) is 4.20. The highest BCUT2D eigenvalue weighted by atomic mass is 32.2. The fourth-order valence-corrected chi connectivity index (χ4v) is 5.71. The second kappa shape index (κ2) is 10.1. The molecule has 0 bridgehead atoms. The summed E-state index contributed by atoms with van der Waals surface area (Å²) in [5, 5.41) is 0. The van der Waals surface area contributed by atoms with Crippen LogP contribution in [0.4, 0.5) is 0 Å². The summed E-state index contributed by atoms with van der Waals surface area (Å²) in [6.45, 7) is 5.90. The number of aryl methyl sites for hydroxylation is 3. The molecule has 0 aliphatic rings. The van der Waals surface area contributed by atoms with E-state index in [1.165, 1.54) is 0 Å². The van der Waals surface area contributed by atoms with Crippen molar-refractivity contribution in [3.8, 4) is 0 Å². The Morgan fingerprint density at radius 1 is 0.875 bits per heavy atom. The smallest absolute Gasteiger partial charge is 0.241 e. The third-order valence-electron chi connectivity index (χ3n) is 5.39. The van der Waals surface area contributed by atoms with Gasteiger partial charge in [-0.15, -0.1) is 0 Å². The van der Waals surface area contributed by atoms with Crippen LogP contribution < -0.4 is 4.72 Å². The highest BCUT2D eigenvalue weighted by Crippen LogP contribution is 2.22. The third-order valence-corrected chi connectivity index (χ3v) is 7.17. The lowest BCUT2D eigenvalue weighted by atomic mass is 10.1. The summed E-state index contributed by atoms with van der Waals surface area (Å²) < 4.78 is 29.5. The van der Waals surface area contributed by atoms with Crippen LogP contribution in [0.25, 0.3) is 0 Å². The highest BCUT2D eigenvalue weighted by molar-refractivity contribution is 7.89. The lowest BCUT2D eigenvalue weighted by Crippen LogP contribution is -2.48. The summed E-state index contributed by atoms with van der Waals surface area (Å²) in [6.07, 6.45) is 0.266. The Hall–Kier alpha value is -2.96. The monoisotopic (exact) mass is 450 g/mol. The maximum Gasteiger partial charge on any atom is 0.241 e. The van der Waals surface area contributed by atoms with Crippen LogP contribution in [-0.4, -0.2) is 32.3 Å². The molecule has 0 heterocycles. The van der Waals surface area contributed by atoms with E-state index >= 15 is 0 Å². The number of hydrogen-bond donors (Lipinski definition) is 1. The molecule has 32 heavy (non-hydrogen) atoms. The van der Waals surface area contributed by atoms with Gasteiger partial charge >= 0.3 is 0 Å². The normalized spacial score (nSPS) is 12.4. The van der Waals surface area contributed by atoms with E-state index in [0.29, 0.717) is 17.7 Å². The van der Waals surface area contributed by atoms with Gasteiger partial charge in [-0.3, -0.25) is 4.79 Å². The molecule has 3 rings (SSSR count). The number of sulfonamides is 1. The maximum atomic E-state index is 13.4. The minimum atomic E-state index is -3.91. The van der Waals surface area contributed by atoms with E-state index < -0.39 is 16.1 Å². The van der Waals surface area contributed by atoms with Crippen LogP contribution >= 0.6 is 0 Å². The van der Waals surface area contributed by atoms with Gasteiger partial charge in [0.15, 0.2) is 0 Å². The van der Waals surface area contributed by atoms with E-state index in [-0.39, 0.29) is 17.2 Å². The van der Waals surface area contributed by atoms with Gasteiger partial charge in [0, 0.05) is 13.6 Å². The van der Waals surface area contributed by atoms with Crippen molar-refractivity contribution in [1.82, 2.24) is 9.62 Å². The first-order valence-corrected chi connectivity index (χ1v) is 12.1. The topological polar surface area (TPSA) is 66.5 Å². The van der Waals surface area contributed by atoms with Crippen molar-refractivity contribution in [3.05, 3.63) is 101 Å². The van der Waals surface area contributed by atoms with Crippen LogP contribution in [0, 0.1) is 20.8 Å². The molecule has 1 amide bonds. The number of benzene rings is 3. The van der Waals surface area contributed by atoms with E-state index in [0.717, 1.165) is 16.7 Å². The second-order valence-electron chi connectivity index (χ2n) is 8.27. The predicted molar refractivity (Wildman–Crippen MR) is 128 cm³/mol. The van der Waals surface area contributed by atoms with Gasteiger partial charge in [0.05, 0.1) is 4.90 Å². The van der Waals surface area contributed by atoms with Gasteiger partial charge in [-0.2, -0.15) is 4.72 Å². The summed E-state index contributed by atoms with van der Waals surface area (Å²) >= 11 is 0. The molecule has 0 fully saturated rings. The van der Waals surface area contributed by atoms with Crippen molar-refractivity contribution in [3.63, 3.8) is 0 Å². The van der Waals surface area contributed by atoms with Crippen LogP contribution in [-0.2, 0) is 27.8 Å². The fraction of sp³-hybridized carbons (Fsp3) is 0.269. The van der Waals surface area contributed by atoms with Gasteiger partial charge < -0.3 is 4.90 Å². The largest absolute Gasteiger partial charge is 0.340 e. The number of hydrogen-bond acceptors (Lipinski definition) is 3. The minimum Gasteiger partial charge on any atom is -0.340 e. The molecule has 1 N–H and O–H groups in total. The van der Waals surface area contributed by atoms with E-state index in [1.807, 2.05) is 79.7 Å². The molecule has 168 valence electrons. The van der Waals surface area contributed by atoms with Crippen molar-refractivity contribution in [1.29, 1.82) is 0 Å². The number of carbonyl (C=O) groups excluding carboxylic acids is 1. The Bertz CT molecular complexity index is 1150. The minimum absolute atomic E-state index is 0.236. The standard InChI is InChI=1S/C26H30N2O3S/c1-19-15-20(2)25(21(3)16-19)32(30,31)27-24(17-22-11-7-5-8-12-22)26(29)28(4)18-23-13-9-6-10-14-23/h5-16,24,27H,17-18H2,1-4H3/t24-/m1/s1. The SMILES string of the molecule is Cc1cc(C)c(S(=O)(=O)N[C@H](Cc2ccccc2)C(=O)N(C)Cc2ccccc2)c(C)c1. The molecular weight excluding hydrogens is 420 g/mol. The molecule has 0 spiro atoms. The zero-order valence-corrected chi connectivity index (χ0v) is 19.8. The summed E-state index contributed by atoms with van der Waals surface area (Å²) in [6, 6.07) is 21.9. The van der Waals surface area contributed by atoms with Crippen LogP contribution in [0.1, 0.15) is 27.8 Å². The van der Waals surface area contributed by atoms with Gasteiger partial charge in [0.25, 0.3) is 0 Å². The van der Waals surface area contributed by atoms with Gasteiger partial charge in [0.2, 0.25) is 15.9 Å². The van der Waals surface area contributed by atoms with Crippen LogP contribution in [0.3, 0.4) is 0 Å². The van der Waals surface area contributed by atoms with E-state index in [1.54, 1.807) is 25.8 Å². The molecule has 0 saturated carbocycles. The Morgan fingerprint density at radius 2 is 1.38 bits per heavy atom. The quantitative estimate of drug-likeness (QED) is 0.560. The molecule has 6 heteroatoms. The van der Waals surface area contributed by atoms with Gasteiger partial charge in [-0.1, -0.05) is 78.4 Å². The molecule has 0 aliphatic carbocycles. The Labute approximate surface area is 191 Å². The summed E-state index contributed by atoms with van der Waals surface area (Å²) in [4.78, 5) is 15.2. The molecular formula is C26H30N2O3S. The number of amides is 1. The number of rotatable bonds is 8. The maximum absolute atomic E-state index is 13.4. The molecule has 0 unspecified atom stereocenters. The molecule has 3 aromatic rings. The fourth-order valence-electron chi connectivity index (χ4n) is 4.07. The summed E-state index contributed by atoms with van der Waals surface area (Å²) in [7, 11) is -2.21. The Kier molecular flexibility index (Phi) is 7.48. The number of nitrogens with zero attached hydrogens (tertiary/aromatic N) is 1. The second-order valence-corrected chi connectivity index (χ2v) is 9.92. The lowest BCUT2D eigenvalue weighted by molar-refractivity contribution is -0.132. The molecule has 3 aromatic carbocycles. The first-order valence-electron chi connectivity index (χ1n) is 10.6. The zero-order chi connectivity index (χ0) is 23.3. The van der Waals surface area contributed by atoms with E-state index in [4.69, 9.17) is 0 Å². The van der Waals surface area contributed by atoms with E-state index in [9.17, 15) is 13.2 Å². The third kappa shape index (κ3) is 5.84. The highest BCUT2D eigenvalue weighted by Gasteiger charge is 2.30. The Balaban J connectivity index is 1.91. The molecule has 0 aromatic heterocycles. The van der Waals surface area contributed by atoms with Gasteiger partial charge in [0.1, 0.15) is 6.04 Å². The molecule has 5 nitrogen and oxygen atoms in total. The molecule has 0 aliphatic heterocycles. The Morgan fingerprint density at radius 3 is 1.91 bits per heavy atom. The van der Waals surface area contributed by atoms with Crippen LogP contribution in [0.2, 0.25) is 0 Å². The molecule has 0 radical (unpaired) electrons. The first kappa shape index (κ1) is 23.7. The van der Waals surface area contributed by atoms with Crippen molar-refractivity contribution >= 4 is 15.9 Å². The zero-order valence-electron chi connectivity index (χ0n) is 19.0. The molecule has 0 saturated heterocycles. The number of nitrogens with one attached hydrogen (secondary N) is 1. The van der Waals surface area contributed by atoms with E-state index in [2.05, 4.69) is 4.72 Å². The van der Waals surface area contributed by atoms with Gasteiger partial charge in [-0.05, 0) is 49.4 Å². The van der Waals surface area contributed by atoms with Gasteiger partial charge in [-0.25, -0.2) is 8.42 Å². The van der Waals surface area contributed by atoms with Crippen molar-refractivity contribution in [2.75, 3.05) is 7.05 Å². The first-order chi connectivity index (χ1) is 15.2. The van der Waals surface area contributed by atoms with Crippen LogP contribution in [0.15, 0.2) is 77.7 Å². The average Bonchev–Trinajstić information content (AvgIpc) is 2.73. The summed E-state index contributed by atoms with van der Waals surface area (Å²) in [5.74, 6) is -0.274. The van der Waals surface area contributed by atoms with Crippen LogP contribution in [0.5, 0.6) is 0 Å². The lowest BCUT2D eigenvalue weighted by Gasteiger charge is -2.25. The average molecular weight is 451 g/mol. The van der Waals surface area contributed by atoms with Crippen molar-refractivity contribution < 1.29 is 13.2 Å². The molecule has 1 atom stereocenters. The number of likely N-dealkylation sites (N-methyl/N-ethyl adjacent to an activating group) is 1. The predicted octanol–water partition coefficient (Wildman–Crippen LogP) is 4.16. The van der Waals surface area contributed by atoms with Crippen molar-refractivity contribution in [2.45, 2.75) is 44.7 Å².